The third-order valence-electron chi connectivity index (χ3n) is 3.22. The van der Waals surface area contributed by atoms with E-state index < -0.39 is 6.10 Å². The molecule has 0 aliphatic rings. The first-order valence-electron chi connectivity index (χ1n) is 6.85. The highest BCUT2D eigenvalue weighted by atomic mass is 32.1. The number of hydrogen-bond acceptors (Lipinski definition) is 5. The zero-order valence-electron chi connectivity index (χ0n) is 12.5. The van der Waals surface area contributed by atoms with Crippen molar-refractivity contribution in [2.75, 3.05) is 20.8 Å². The second-order valence-corrected chi connectivity index (χ2v) is 5.63. The van der Waals surface area contributed by atoms with Gasteiger partial charge in [-0.3, -0.25) is 4.79 Å². The van der Waals surface area contributed by atoms with Gasteiger partial charge in [0.05, 0.1) is 14.2 Å². The van der Waals surface area contributed by atoms with Crippen LogP contribution in [0.15, 0.2) is 35.7 Å². The molecular formula is C16H19NO4S. The molecule has 2 N–H and O–H groups in total. The van der Waals surface area contributed by atoms with E-state index in [2.05, 4.69) is 5.32 Å². The first-order chi connectivity index (χ1) is 10.7. The second-order valence-electron chi connectivity index (χ2n) is 4.65. The molecule has 0 fully saturated rings. The highest BCUT2D eigenvalue weighted by Crippen LogP contribution is 2.27. The molecule has 1 amide bonds. The van der Waals surface area contributed by atoms with E-state index in [0.717, 1.165) is 5.56 Å². The number of methoxy groups -OCH3 is 2. The van der Waals surface area contributed by atoms with E-state index in [-0.39, 0.29) is 5.91 Å². The fourth-order valence-electron chi connectivity index (χ4n) is 2.04. The molecule has 6 heteroatoms. The van der Waals surface area contributed by atoms with Gasteiger partial charge in [-0.05, 0) is 35.6 Å². The van der Waals surface area contributed by atoms with Gasteiger partial charge in [-0.15, -0.1) is 11.3 Å². The Labute approximate surface area is 133 Å². The summed E-state index contributed by atoms with van der Waals surface area (Å²) in [5, 5.41) is 14.4. The van der Waals surface area contributed by atoms with Crippen LogP contribution in [0, 0.1) is 0 Å². The lowest BCUT2D eigenvalue weighted by atomic mass is 10.1. The van der Waals surface area contributed by atoms with Gasteiger partial charge in [0, 0.05) is 11.4 Å². The molecule has 2 aromatic rings. The van der Waals surface area contributed by atoms with E-state index in [1.165, 1.54) is 11.3 Å². The standard InChI is InChI=1S/C16H19NO4S/c1-20-12-6-5-11(10-13(12)21-2)7-8-17-16(19)15(18)14-4-3-9-22-14/h3-6,9-10,15,18H,7-8H2,1-2H3,(H,17,19). The lowest BCUT2D eigenvalue weighted by molar-refractivity contribution is -0.129. The number of benzene rings is 1. The fourth-order valence-corrected chi connectivity index (χ4v) is 2.75. The zero-order chi connectivity index (χ0) is 15.9. The van der Waals surface area contributed by atoms with Crippen LogP contribution >= 0.6 is 11.3 Å². The summed E-state index contributed by atoms with van der Waals surface area (Å²) in [4.78, 5) is 12.5. The maximum atomic E-state index is 11.9. The maximum absolute atomic E-state index is 11.9. The molecule has 0 aliphatic carbocycles. The molecule has 118 valence electrons. The lowest BCUT2D eigenvalue weighted by Gasteiger charge is -2.11. The third kappa shape index (κ3) is 3.99. The Balaban J connectivity index is 1.87. The molecule has 0 saturated heterocycles. The SMILES string of the molecule is COc1ccc(CCNC(=O)C(O)c2cccs2)cc1OC. The average molecular weight is 321 g/mol. The van der Waals surface area contributed by atoms with Gasteiger partial charge >= 0.3 is 0 Å². The van der Waals surface area contributed by atoms with Crippen LogP contribution in [0.1, 0.15) is 16.5 Å². The van der Waals surface area contributed by atoms with Gasteiger partial charge in [0.15, 0.2) is 17.6 Å². The molecule has 0 saturated carbocycles. The van der Waals surface area contributed by atoms with Crippen LogP contribution in [0.3, 0.4) is 0 Å². The normalized spacial score (nSPS) is 11.8. The summed E-state index contributed by atoms with van der Waals surface area (Å²) in [5.74, 6) is 0.941. The van der Waals surface area contributed by atoms with Gasteiger partial charge < -0.3 is 19.9 Å². The van der Waals surface area contributed by atoms with Gasteiger partial charge in [-0.2, -0.15) is 0 Å². The molecule has 1 aromatic heterocycles. The van der Waals surface area contributed by atoms with Gasteiger partial charge in [0.25, 0.3) is 5.91 Å². The van der Waals surface area contributed by atoms with Crippen LogP contribution in [0.25, 0.3) is 0 Å². The van der Waals surface area contributed by atoms with Crippen molar-refractivity contribution in [2.24, 2.45) is 0 Å². The number of thiophene rings is 1. The zero-order valence-corrected chi connectivity index (χ0v) is 13.4. The topological polar surface area (TPSA) is 67.8 Å². The molecule has 22 heavy (non-hydrogen) atoms. The highest BCUT2D eigenvalue weighted by Gasteiger charge is 2.17. The molecule has 1 unspecified atom stereocenters. The van der Waals surface area contributed by atoms with Crippen molar-refractivity contribution in [2.45, 2.75) is 12.5 Å². The molecule has 1 heterocycles. The van der Waals surface area contributed by atoms with Crippen LogP contribution in [-0.2, 0) is 11.2 Å². The van der Waals surface area contributed by atoms with Crippen molar-refractivity contribution in [1.82, 2.24) is 5.32 Å². The summed E-state index contributed by atoms with van der Waals surface area (Å²) in [6.07, 6.45) is -0.464. The molecule has 0 aliphatic heterocycles. The molecule has 0 radical (unpaired) electrons. The Morgan fingerprint density at radius 1 is 1.27 bits per heavy atom. The second kappa shape index (κ2) is 7.82. The van der Waals surface area contributed by atoms with Crippen LogP contribution in [0.4, 0.5) is 0 Å². The Bertz CT molecular complexity index is 613. The van der Waals surface area contributed by atoms with Gasteiger partial charge in [-0.25, -0.2) is 0 Å². The molecule has 0 spiro atoms. The monoisotopic (exact) mass is 321 g/mol. The van der Waals surface area contributed by atoms with E-state index in [4.69, 9.17) is 9.47 Å². The smallest absolute Gasteiger partial charge is 0.254 e. The Kier molecular flexibility index (Phi) is 5.80. The van der Waals surface area contributed by atoms with E-state index in [1.54, 1.807) is 26.4 Å². The van der Waals surface area contributed by atoms with Gasteiger partial charge in [0.1, 0.15) is 0 Å². The summed E-state index contributed by atoms with van der Waals surface area (Å²) < 4.78 is 10.4. The average Bonchev–Trinajstić information content (AvgIpc) is 3.08. The minimum absolute atomic E-state index is 0.386. The van der Waals surface area contributed by atoms with Crippen molar-refractivity contribution < 1.29 is 19.4 Å². The summed E-state index contributed by atoms with van der Waals surface area (Å²) in [6, 6.07) is 9.17. The number of ether oxygens (including phenoxy) is 2. The predicted octanol–water partition coefficient (Wildman–Crippen LogP) is 2.16. The largest absolute Gasteiger partial charge is 0.493 e. The van der Waals surface area contributed by atoms with Crippen molar-refractivity contribution in [1.29, 1.82) is 0 Å². The van der Waals surface area contributed by atoms with Gasteiger partial charge in [0.2, 0.25) is 0 Å². The molecule has 0 bridgehead atoms. The van der Waals surface area contributed by atoms with Gasteiger partial charge in [-0.1, -0.05) is 12.1 Å². The molecule has 5 nitrogen and oxygen atoms in total. The fraction of sp³-hybridized carbons (Fsp3) is 0.312. The van der Waals surface area contributed by atoms with Crippen molar-refractivity contribution in [3.8, 4) is 11.5 Å². The molecule has 2 rings (SSSR count). The quantitative estimate of drug-likeness (QED) is 0.820. The first kappa shape index (κ1) is 16.3. The molecule has 1 atom stereocenters. The minimum atomic E-state index is -1.11. The third-order valence-corrected chi connectivity index (χ3v) is 4.15. The summed E-state index contributed by atoms with van der Waals surface area (Å²) in [6.45, 7) is 0.441. The van der Waals surface area contributed by atoms with Crippen molar-refractivity contribution in [3.63, 3.8) is 0 Å². The summed E-state index contributed by atoms with van der Waals surface area (Å²) >= 11 is 1.36. The Hall–Kier alpha value is -2.05. The summed E-state index contributed by atoms with van der Waals surface area (Å²) in [7, 11) is 3.17. The predicted molar refractivity (Wildman–Crippen MR) is 85.5 cm³/mol. The number of aliphatic hydroxyl groups excluding tert-OH is 1. The van der Waals surface area contributed by atoms with E-state index >= 15 is 0 Å². The van der Waals surface area contributed by atoms with Crippen LogP contribution in [0.2, 0.25) is 0 Å². The van der Waals surface area contributed by atoms with Crippen LogP contribution in [0.5, 0.6) is 11.5 Å². The number of nitrogens with one attached hydrogen (secondary N) is 1. The van der Waals surface area contributed by atoms with E-state index in [1.807, 2.05) is 23.6 Å². The number of aliphatic hydroxyl groups is 1. The molecule has 1 aromatic carbocycles. The number of hydrogen-bond donors (Lipinski definition) is 2. The lowest BCUT2D eigenvalue weighted by Crippen LogP contribution is -2.30. The van der Waals surface area contributed by atoms with Crippen molar-refractivity contribution >= 4 is 17.2 Å². The summed E-state index contributed by atoms with van der Waals surface area (Å²) in [5.41, 5.74) is 1.02. The first-order valence-corrected chi connectivity index (χ1v) is 7.73. The van der Waals surface area contributed by atoms with Crippen molar-refractivity contribution in [3.05, 3.63) is 46.2 Å². The number of carbonyl (C=O) groups excluding carboxylic acids is 1. The molecular weight excluding hydrogens is 302 g/mol. The number of rotatable bonds is 7. The van der Waals surface area contributed by atoms with Crippen LogP contribution in [-0.4, -0.2) is 31.8 Å². The Morgan fingerprint density at radius 3 is 2.68 bits per heavy atom. The van der Waals surface area contributed by atoms with E-state index in [9.17, 15) is 9.90 Å². The van der Waals surface area contributed by atoms with Crippen LogP contribution < -0.4 is 14.8 Å². The number of amides is 1. The Morgan fingerprint density at radius 2 is 2.05 bits per heavy atom. The highest BCUT2D eigenvalue weighted by molar-refractivity contribution is 7.10. The maximum Gasteiger partial charge on any atom is 0.254 e. The number of carbonyl (C=O) groups is 1. The minimum Gasteiger partial charge on any atom is -0.493 e. The van der Waals surface area contributed by atoms with E-state index in [0.29, 0.717) is 29.3 Å².